The van der Waals surface area contributed by atoms with Crippen LogP contribution in [0.5, 0.6) is 0 Å². The minimum atomic E-state index is -0.442. The SMILES string of the molecule is CCC[C@@H](C)NC(=O)/C(=C/c1cccc([N+](=O)[O-])c1)c1ccccc1. The first kappa shape index (κ1) is 18.4. The minimum absolute atomic E-state index is 0.000853. The number of nitrogens with zero attached hydrogens (tertiary/aromatic N) is 1. The Morgan fingerprint density at radius 1 is 1.20 bits per heavy atom. The van der Waals surface area contributed by atoms with Crippen molar-refractivity contribution in [2.45, 2.75) is 32.7 Å². The zero-order chi connectivity index (χ0) is 18.2. The lowest BCUT2D eigenvalue weighted by atomic mass is 10.0. The molecule has 0 heterocycles. The van der Waals surface area contributed by atoms with Gasteiger partial charge in [-0.2, -0.15) is 0 Å². The lowest BCUT2D eigenvalue weighted by molar-refractivity contribution is -0.384. The van der Waals surface area contributed by atoms with Gasteiger partial charge in [0.2, 0.25) is 0 Å². The fourth-order valence-corrected chi connectivity index (χ4v) is 2.60. The summed E-state index contributed by atoms with van der Waals surface area (Å²) in [5.74, 6) is -0.182. The van der Waals surface area contributed by atoms with Crippen molar-refractivity contribution >= 4 is 23.2 Å². The van der Waals surface area contributed by atoms with Crippen LogP contribution in [0.4, 0.5) is 5.69 Å². The van der Waals surface area contributed by atoms with Gasteiger partial charge >= 0.3 is 0 Å². The highest BCUT2D eigenvalue weighted by atomic mass is 16.6. The van der Waals surface area contributed by atoms with Gasteiger partial charge in [0.05, 0.1) is 4.92 Å². The van der Waals surface area contributed by atoms with Crippen LogP contribution in [0, 0.1) is 10.1 Å². The fraction of sp³-hybridized carbons (Fsp3) is 0.250. The highest BCUT2D eigenvalue weighted by Crippen LogP contribution is 2.21. The summed E-state index contributed by atoms with van der Waals surface area (Å²) in [6.45, 7) is 4.04. The van der Waals surface area contributed by atoms with Crippen LogP contribution in [0.25, 0.3) is 11.6 Å². The molecule has 2 aromatic carbocycles. The average molecular weight is 338 g/mol. The third-order valence-corrected chi connectivity index (χ3v) is 3.82. The van der Waals surface area contributed by atoms with Gasteiger partial charge in [0.1, 0.15) is 0 Å². The first-order chi connectivity index (χ1) is 12.0. The molecule has 1 atom stereocenters. The van der Waals surface area contributed by atoms with Gasteiger partial charge in [-0.05, 0) is 30.5 Å². The Bertz CT molecular complexity index is 770. The molecule has 2 rings (SSSR count). The highest BCUT2D eigenvalue weighted by Gasteiger charge is 2.15. The van der Waals surface area contributed by atoms with Crippen LogP contribution >= 0.6 is 0 Å². The molecule has 0 aliphatic rings. The molecule has 0 aromatic heterocycles. The van der Waals surface area contributed by atoms with Gasteiger partial charge in [0.25, 0.3) is 11.6 Å². The van der Waals surface area contributed by atoms with Crippen molar-refractivity contribution in [2.24, 2.45) is 0 Å². The van der Waals surface area contributed by atoms with Gasteiger partial charge in [-0.15, -0.1) is 0 Å². The maximum Gasteiger partial charge on any atom is 0.270 e. The van der Waals surface area contributed by atoms with Gasteiger partial charge < -0.3 is 5.32 Å². The maximum absolute atomic E-state index is 12.7. The molecule has 0 fully saturated rings. The van der Waals surface area contributed by atoms with Crippen molar-refractivity contribution in [3.05, 3.63) is 75.8 Å². The molecule has 0 radical (unpaired) electrons. The molecule has 0 saturated carbocycles. The molecule has 130 valence electrons. The van der Waals surface area contributed by atoms with Crippen molar-refractivity contribution in [2.75, 3.05) is 0 Å². The van der Waals surface area contributed by atoms with Gasteiger partial charge in [0.15, 0.2) is 0 Å². The fourth-order valence-electron chi connectivity index (χ4n) is 2.60. The second-order valence-electron chi connectivity index (χ2n) is 5.94. The molecule has 0 aliphatic heterocycles. The Kier molecular flexibility index (Phi) is 6.46. The number of carbonyl (C=O) groups is 1. The highest BCUT2D eigenvalue weighted by molar-refractivity contribution is 6.24. The molecule has 5 heteroatoms. The van der Waals surface area contributed by atoms with Crippen LogP contribution in [0.3, 0.4) is 0 Å². The molecule has 0 unspecified atom stereocenters. The molecule has 0 spiro atoms. The summed E-state index contributed by atoms with van der Waals surface area (Å²) >= 11 is 0. The van der Waals surface area contributed by atoms with E-state index in [2.05, 4.69) is 12.2 Å². The topological polar surface area (TPSA) is 72.2 Å². The molecule has 1 amide bonds. The van der Waals surface area contributed by atoms with Crippen LogP contribution < -0.4 is 5.32 Å². The van der Waals surface area contributed by atoms with E-state index in [1.165, 1.54) is 12.1 Å². The standard InChI is InChI=1S/C20H22N2O3/c1-3-8-15(2)21-20(23)19(17-10-5-4-6-11-17)14-16-9-7-12-18(13-16)22(24)25/h4-7,9-15H,3,8H2,1-2H3,(H,21,23)/b19-14+/t15-/m1/s1. The van der Waals surface area contributed by atoms with E-state index in [0.29, 0.717) is 11.1 Å². The number of non-ortho nitro benzene ring substituents is 1. The summed E-state index contributed by atoms with van der Waals surface area (Å²) in [7, 11) is 0. The first-order valence-electron chi connectivity index (χ1n) is 8.33. The third-order valence-electron chi connectivity index (χ3n) is 3.82. The van der Waals surface area contributed by atoms with E-state index in [9.17, 15) is 14.9 Å². The van der Waals surface area contributed by atoms with Gasteiger partial charge in [-0.25, -0.2) is 0 Å². The Labute approximate surface area is 147 Å². The number of hydrogen-bond donors (Lipinski definition) is 1. The number of rotatable bonds is 7. The molecule has 1 N–H and O–H groups in total. The van der Waals surface area contributed by atoms with E-state index in [0.717, 1.165) is 18.4 Å². The summed E-state index contributed by atoms with van der Waals surface area (Å²) in [4.78, 5) is 23.3. The van der Waals surface area contributed by atoms with Crippen LogP contribution in [-0.4, -0.2) is 16.9 Å². The number of amides is 1. The van der Waals surface area contributed by atoms with Crippen molar-refractivity contribution in [1.29, 1.82) is 0 Å². The summed E-state index contributed by atoms with van der Waals surface area (Å²) in [5, 5.41) is 14.0. The number of benzene rings is 2. The molecule has 5 nitrogen and oxygen atoms in total. The summed E-state index contributed by atoms with van der Waals surface area (Å²) in [6.07, 6.45) is 3.57. The van der Waals surface area contributed by atoms with E-state index < -0.39 is 4.92 Å². The Hall–Kier alpha value is -2.95. The zero-order valence-corrected chi connectivity index (χ0v) is 14.4. The smallest absolute Gasteiger partial charge is 0.270 e. The van der Waals surface area contributed by atoms with E-state index >= 15 is 0 Å². The summed E-state index contributed by atoms with van der Waals surface area (Å²) in [5.41, 5.74) is 1.88. The molecule has 2 aromatic rings. The quantitative estimate of drug-likeness (QED) is 0.351. The Morgan fingerprint density at radius 3 is 2.56 bits per heavy atom. The van der Waals surface area contributed by atoms with Crippen LogP contribution in [-0.2, 0) is 4.79 Å². The normalized spacial score (nSPS) is 12.5. The lowest BCUT2D eigenvalue weighted by Gasteiger charge is -2.15. The van der Waals surface area contributed by atoms with Crippen LogP contribution in [0.15, 0.2) is 54.6 Å². The molecular formula is C20H22N2O3. The number of carbonyl (C=O) groups excluding carboxylic acids is 1. The van der Waals surface area contributed by atoms with E-state index in [-0.39, 0.29) is 17.6 Å². The van der Waals surface area contributed by atoms with Crippen LogP contribution in [0.1, 0.15) is 37.8 Å². The predicted octanol–water partition coefficient (Wildman–Crippen LogP) is 4.44. The lowest BCUT2D eigenvalue weighted by Crippen LogP contribution is -2.32. The van der Waals surface area contributed by atoms with E-state index in [1.807, 2.05) is 37.3 Å². The monoisotopic (exact) mass is 338 g/mol. The van der Waals surface area contributed by atoms with Crippen molar-refractivity contribution in [3.63, 3.8) is 0 Å². The molecular weight excluding hydrogens is 316 g/mol. The molecule has 0 saturated heterocycles. The van der Waals surface area contributed by atoms with Crippen molar-refractivity contribution in [3.8, 4) is 0 Å². The molecule has 0 bridgehead atoms. The Balaban J connectivity index is 2.39. The zero-order valence-electron chi connectivity index (χ0n) is 14.4. The third kappa shape index (κ3) is 5.28. The number of nitro groups is 1. The second kappa shape index (κ2) is 8.78. The second-order valence-corrected chi connectivity index (χ2v) is 5.94. The van der Waals surface area contributed by atoms with Gasteiger partial charge in [-0.3, -0.25) is 14.9 Å². The summed E-state index contributed by atoms with van der Waals surface area (Å²) < 4.78 is 0. The van der Waals surface area contributed by atoms with Gasteiger partial charge in [-0.1, -0.05) is 55.8 Å². The predicted molar refractivity (Wildman–Crippen MR) is 99.9 cm³/mol. The minimum Gasteiger partial charge on any atom is -0.350 e. The first-order valence-corrected chi connectivity index (χ1v) is 8.33. The number of nitro benzene ring substituents is 1. The van der Waals surface area contributed by atoms with E-state index in [1.54, 1.807) is 18.2 Å². The van der Waals surface area contributed by atoms with E-state index in [4.69, 9.17) is 0 Å². The van der Waals surface area contributed by atoms with Crippen molar-refractivity contribution < 1.29 is 9.72 Å². The van der Waals surface area contributed by atoms with Gasteiger partial charge in [0, 0.05) is 23.7 Å². The number of nitrogens with one attached hydrogen (secondary N) is 1. The average Bonchev–Trinajstić information content (AvgIpc) is 2.60. The largest absolute Gasteiger partial charge is 0.350 e. The van der Waals surface area contributed by atoms with Crippen molar-refractivity contribution in [1.82, 2.24) is 5.32 Å². The van der Waals surface area contributed by atoms with Crippen LogP contribution in [0.2, 0.25) is 0 Å². The Morgan fingerprint density at radius 2 is 1.92 bits per heavy atom. The number of hydrogen-bond acceptors (Lipinski definition) is 3. The summed E-state index contributed by atoms with van der Waals surface area (Å²) in [6, 6.07) is 15.6. The molecule has 25 heavy (non-hydrogen) atoms. The maximum atomic E-state index is 12.7. The molecule has 0 aliphatic carbocycles.